The van der Waals surface area contributed by atoms with E-state index in [1.54, 1.807) is 6.26 Å². The molecule has 1 heterocycles. The molecule has 3 heteroatoms. The summed E-state index contributed by atoms with van der Waals surface area (Å²) in [6.45, 7) is 4.73. The van der Waals surface area contributed by atoms with E-state index < -0.39 is 0 Å². The molecule has 1 aliphatic rings. The Bertz CT molecular complexity index is 345. The van der Waals surface area contributed by atoms with Crippen molar-refractivity contribution in [2.45, 2.75) is 39.2 Å². The molecular weight excluding hydrogens is 202 g/mol. The highest BCUT2D eigenvalue weighted by Gasteiger charge is 2.51. The molecule has 0 aliphatic heterocycles. The minimum atomic E-state index is -0.352. The third-order valence-electron chi connectivity index (χ3n) is 4.10. The van der Waals surface area contributed by atoms with E-state index in [1.165, 1.54) is 0 Å². The Morgan fingerprint density at radius 1 is 1.50 bits per heavy atom. The summed E-state index contributed by atoms with van der Waals surface area (Å²) in [4.78, 5) is 0. The Morgan fingerprint density at radius 2 is 2.25 bits per heavy atom. The minimum Gasteiger partial charge on any atom is -0.469 e. The van der Waals surface area contributed by atoms with Gasteiger partial charge in [-0.2, -0.15) is 0 Å². The topological polar surface area (TPSA) is 59.4 Å². The van der Waals surface area contributed by atoms with Gasteiger partial charge in [0.05, 0.1) is 12.4 Å². The molecule has 0 spiro atoms. The second-order valence-electron chi connectivity index (χ2n) is 5.71. The molecule has 1 aromatic heterocycles. The fourth-order valence-electron chi connectivity index (χ4n) is 2.90. The van der Waals surface area contributed by atoms with Crippen molar-refractivity contribution in [3.05, 3.63) is 24.2 Å². The van der Waals surface area contributed by atoms with Crippen molar-refractivity contribution < 1.29 is 9.52 Å². The maximum Gasteiger partial charge on any atom is 0.104 e. The van der Waals surface area contributed by atoms with Crippen molar-refractivity contribution in [2.24, 2.45) is 16.6 Å². The van der Waals surface area contributed by atoms with Crippen molar-refractivity contribution in [2.75, 3.05) is 6.54 Å². The highest BCUT2D eigenvalue weighted by Crippen LogP contribution is 2.50. The summed E-state index contributed by atoms with van der Waals surface area (Å²) < 4.78 is 5.37. The first-order valence-corrected chi connectivity index (χ1v) is 5.91. The number of aliphatic hydroxyl groups excluding tert-OH is 1. The highest BCUT2D eigenvalue weighted by molar-refractivity contribution is 5.09. The standard InChI is InChI=1S/C13H21NO2/c1-12(2)5-6-13(9-14,11(12)15)8-10-4-3-7-16-10/h3-4,7,11,15H,5-6,8-9,14H2,1-2H3. The maximum atomic E-state index is 10.4. The second kappa shape index (κ2) is 3.90. The van der Waals surface area contributed by atoms with Gasteiger partial charge in [-0.1, -0.05) is 13.8 Å². The van der Waals surface area contributed by atoms with Crippen LogP contribution in [0.1, 0.15) is 32.4 Å². The van der Waals surface area contributed by atoms with Gasteiger partial charge in [0.1, 0.15) is 5.76 Å². The lowest BCUT2D eigenvalue weighted by Gasteiger charge is -2.35. The van der Waals surface area contributed by atoms with E-state index in [0.29, 0.717) is 6.54 Å². The van der Waals surface area contributed by atoms with E-state index in [9.17, 15) is 5.11 Å². The van der Waals surface area contributed by atoms with Gasteiger partial charge in [-0.25, -0.2) is 0 Å². The Labute approximate surface area is 96.6 Å². The van der Waals surface area contributed by atoms with Crippen molar-refractivity contribution >= 4 is 0 Å². The van der Waals surface area contributed by atoms with Crippen LogP contribution in [0.3, 0.4) is 0 Å². The van der Waals surface area contributed by atoms with Gasteiger partial charge >= 0.3 is 0 Å². The minimum absolute atomic E-state index is 0.0358. The smallest absolute Gasteiger partial charge is 0.104 e. The summed E-state index contributed by atoms with van der Waals surface area (Å²) in [6.07, 6.45) is 4.05. The SMILES string of the molecule is CC1(C)CCC(CN)(Cc2ccco2)C1O. The third kappa shape index (κ3) is 1.78. The number of hydrogen-bond donors (Lipinski definition) is 2. The van der Waals surface area contributed by atoms with E-state index >= 15 is 0 Å². The Hall–Kier alpha value is -0.800. The first-order valence-electron chi connectivity index (χ1n) is 5.91. The lowest BCUT2D eigenvalue weighted by Crippen LogP contribution is -2.44. The van der Waals surface area contributed by atoms with Crippen LogP contribution in [0.4, 0.5) is 0 Å². The van der Waals surface area contributed by atoms with Gasteiger partial charge in [0.2, 0.25) is 0 Å². The van der Waals surface area contributed by atoms with Crippen LogP contribution in [0.25, 0.3) is 0 Å². The first-order chi connectivity index (χ1) is 7.50. The molecule has 0 radical (unpaired) electrons. The maximum absolute atomic E-state index is 10.4. The van der Waals surface area contributed by atoms with Gasteiger partial charge in [0.25, 0.3) is 0 Å². The van der Waals surface area contributed by atoms with E-state index in [4.69, 9.17) is 10.2 Å². The predicted molar refractivity (Wildman–Crippen MR) is 62.9 cm³/mol. The molecule has 0 bridgehead atoms. The van der Waals surface area contributed by atoms with Crippen molar-refractivity contribution in [3.8, 4) is 0 Å². The zero-order chi connectivity index (χ0) is 11.8. The molecule has 1 fully saturated rings. The predicted octanol–water partition coefficient (Wildman–Crippen LogP) is 1.95. The Kier molecular flexibility index (Phi) is 2.84. The van der Waals surface area contributed by atoms with Crippen LogP contribution < -0.4 is 5.73 Å². The van der Waals surface area contributed by atoms with Gasteiger partial charge in [-0.3, -0.25) is 0 Å². The van der Waals surface area contributed by atoms with Crippen molar-refractivity contribution in [1.29, 1.82) is 0 Å². The van der Waals surface area contributed by atoms with Crippen LogP contribution in [0, 0.1) is 10.8 Å². The Balaban J connectivity index is 2.21. The summed E-state index contributed by atoms with van der Waals surface area (Å²) >= 11 is 0. The van der Waals surface area contributed by atoms with Crippen LogP contribution in [0.2, 0.25) is 0 Å². The lowest BCUT2D eigenvalue weighted by molar-refractivity contribution is -0.00688. The number of nitrogens with two attached hydrogens (primary N) is 1. The molecule has 2 rings (SSSR count). The van der Waals surface area contributed by atoms with E-state index in [2.05, 4.69) is 13.8 Å². The molecule has 3 nitrogen and oxygen atoms in total. The summed E-state index contributed by atoms with van der Waals surface area (Å²) in [5.41, 5.74) is 5.65. The van der Waals surface area contributed by atoms with Gasteiger partial charge in [0.15, 0.2) is 0 Å². The number of furan rings is 1. The number of rotatable bonds is 3. The molecular formula is C13H21NO2. The number of hydrogen-bond acceptors (Lipinski definition) is 3. The highest BCUT2D eigenvalue weighted by atomic mass is 16.3. The van der Waals surface area contributed by atoms with Gasteiger partial charge in [-0.05, 0) is 30.4 Å². The van der Waals surface area contributed by atoms with Crippen LogP contribution in [0.5, 0.6) is 0 Å². The zero-order valence-electron chi connectivity index (χ0n) is 10.1. The Morgan fingerprint density at radius 3 is 2.69 bits per heavy atom. The summed E-state index contributed by atoms with van der Waals surface area (Å²) in [7, 11) is 0. The molecule has 1 saturated carbocycles. The quantitative estimate of drug-likeness (QED) is 0.823. The molecule has 3 N–H and O–H groups in total. The third-order valence-corrected chi connectivity index (χ3v) is 4.10. The molecule has 16 heavy (non-hydrogen) atoms. The second-order valence-corrected chi connectivity index (χ2v) is 5.71. The average Bonchev–Trinajstić information content (AvgIpc) is 2.82. The fraction of sp³-hybridized carbons (Fsp3) is 0.692. The zero-order valence-corrected chi connectivity index (χ0v) is 10.1. The number of aliphatic hydroxyl groups is 1. The van der Waals surface area contributed by atoms with Crippen LogP contribution in [0.15, 0.2) is 22.8 Å². The van der Waals surface area contributed by atoms with E-state index in [0.717, 1.165) is 25.0 Å². The van der Waals surface area contributed by atoms with Crippen LogP contribution in [-0.2, 0) is 6.42 Å². The first kappa shape index (κ1) is 11.7. The normalized spacial score (nSPS) is 33.1. The molecule has 0 saturated heterocycles. The molecule has 0 aromatic carbocycles. The lowest BCUT2D eigenvalue weighted by atomic mass is 9.75. The summed E-state index contributed by atoms with van der Waals surface area (Å²) in [5.74, 6) is 0.919. The van der Waals surface area contributed by atoms with Gasteiger partial charge in [-0.15, -0.1) is 0 Å². The monoisotopic (exact) mass is 223 g/mol. The fourth-order valence-corrected chi connectivity index (χ4v) is 2.90. The van der Waals surface area contributed by atoms with Crippen LogP contribution >= 0.6 is 0 Å². The van der Waals surface area contributed by atoms with E-state index in [-0.39, 0.29) is 16.9 Å². The molecule has 90 valence electrons. The molecule has 2 atom stereocenters. The average molecular weight is 223 g/mol. The van der Waals surface area contributed by atoms with Crippen molar-refractivity contribution in [3.63, 3.8) is 0 Å². The summed E-state index contributed by atoms with van der Waals surface area (Å²) in [6, 6.07) is 3.83. The van der Waals surface area contributed by atoms with Gasteiger partial charge < -0.3 is 15.3 Å². The van der Waals surface area contributed by atoms with Gasteiger partial charge in [0, 0.05) is 18.4 Å². The van der Waals surface area contributed by atoms with Crippen LogP contribution in [-0.4, -0.2) is 17.8 Å². The molecule has 1 aromatic rings. The van der Waals surface area contributed by atoms with Crippen molar-refractivity contribution in [1.82, 2.24) is 0 Å². The van der Waals surface area contributed by atoms with E-state index in [1.807, 2.05) is 12.1 Å². The molecule has 0 amide bonds. The molecule has 2 unspecified atom stereocenters. The largest absolute Gasteiger partial charge is 0.469 e. The molecule has 1 aliphatic carbocycles. The summed E-state index contributed by atoms with van der Waals surface area (Å²) in [5, 5.41) is 10.4.